The Morgan fingerprint density at radius 2 is 1.98 bits per heavy atom. The Balaban J connectivity index is 1.31. The van der Waals surface area contributed by atoms with E-state index in [-0.39, 0.29) is 42.4 Å². The summed E-state index contributed by atoms with van der Waals surface area (Å²) in [4.78, 5) is 12.8. The van der Waals surface area contributed by atoms with E-state index >= 15 is 0 Å². The van der Waals surface area contributed by atoms with Crippen molar-refractivity contribution in [2.75, 3.05) is 53.9 Å². The Bertz CT molecular complexity index is 1800. The average Bonchev–Trinajstić information content (AvgIpc) is 3.57. The van der Waals surface area contributed by atoms with Crippen molar-refractivity contribution in [3.63, 3.8) is 0 Å². The molecule has 9 nitrogen and oxygen atoms in total. The summed E-state index contributed by atoms with van der Waals surface area (Å²) in [6.07, 6.45) is 21.4. The van der Waals surface area contributed by atoms with Crippen LogP contribution >= 0.6 is 0 Å². The van der Waals surface area contributed by atoms with Crippen LogP contribution in [0.5, 0.6) is 0 Å². The molecule has 1 aliphatic heterocycles. The molecule has 4 bridgehead atoms. The van der Waals surface area contributed by atoms with Gasteiger partial charge in [0.1, 0.15) is 13.1 Å². The van der Waals surface area contributed by atoms with Gasteiger partial charge in [0.2, 0.25) is 0 Å². The number of fused-ring (bicyclic) bond motifs is 3. The fraction of sp³-hybridized carbons (Fsp3) is 0.620. The van der Waals surface area contributed by atoms with Gasteiger partial charge >= 0.3 is 0 Å². The van der Waals surface area contributed by atoms with Gasteiger partial charge in [-0.1, -0.05) is 78.4 Å². The first-order valence-corrected chi connectivity index (χ1v) is 22.2. The van der Waals surface area contributed by atoms with Crippen LogP contribution in [0.15, 0.2) is 95.2 Å². The van der Waals surface area contributed by atoms with E-state index in [4.69, 9.17) is 9.47 Å². The summed E-state index contributed by atoms with van der Waals surface area (Å²) in [6.45, 7) is 10.8. The lowest BCUT2D eigenvalue weighted by Gasteiger charge is -2.66. The van der Waals surface area contributed by atoms with Gasteiger partial charge in [0.05, 0.1) is 18.3 Å². The largest absolute Gasteiger partial charge is 0.396 e. The number of aldehydes is 1. The van der Waals surface area contributed by atoms with E-state index in [1.54, 1.807) is 7.11 Å². The third kappa shape index (κ3) is 9.43. The highest BCUT2D eigenvalue weighted by atomic mass is 16.6. The molecule has 1 aromatic carbocycles. The van der Waals surface area contributed by atoms with Crippen LogP contribution in [0.1, 0.15) is 89.2 Å². The molecule has 2 saturated carbocycles. The lowest BCUT2D eigenvalue weighted by Crippen LogP contribution is -2.67. The minimum Gasteiger partial charge on any atom is -0.396 e. The summed E-state index contributed by atoms with van der Waals surface area (Å²) in [5.41, 5.74) is 4.90. The number of carbonyl (C=O) groups is 1. The van der Waals surface area contributed by atoms with E-state index in [1.807, 2.05) is 19.2 Å². The number of hydrogen-bond donors (Lipinski definition) is 6. The van der Waals surface area contributed by atoms with Gasteiger partial charge < -0.3 is 40.5 Å². The maximum Gasteiger partial charge on any atom is 0.146 e. The first kappa shape index (κ1) is 45.5. The summed E-state index contributed by atoms with van der Waals surface area (Å²) in [7, 11) is 3.65. The number of nitrogens with one attached hydrogen (secondary N) is 2. The third-order valence-corrected chi connectivity index (χ3v) is 15.0. The molecule has 59 heavy (non-hydrogen) atoms. The topological polar surface area (TPSA) is 141 Å². The van der Waals surface area contributed by atoms with Crippen LogP contribution in [0.2, 0.25) is 0 Å². The smallest absolute Gasteiger partial charge is 0.146 e. The number of benzene rings is 1. The summed E-state index contributed by atoms with van der Waals surface area (Å²) >= 11 is 0. The minimum absolute atomic E-state index is 0.0239. The number of aliphatic hydroxyl groups is 4. The number of carbonyl (C=O) groups excluding carboxylic acids is 1. The molecule has 6 N–H and O–H groups in total. The number of ether oxygens (including phenoxy) is 2. The highest BCUT2D eigenvalue weighted by Gasteiger charge is 2.71. The molecular weight excluding hydrogens is 741 g/mol. The fourth-order valence-corrected chi connectivity index (χ4v) is 12.0. The van der Waals surface area contributed by atoms with E-state index in [0.717, 1.165) is 73.6 Å². The molecule has 0 saturated heterocycles. The highest BCUT2D eigenvalue weighted by Crippen LogP contribution is 2.72. The zero-order valence-corrected chi connectivity index (χ0v) is 36.2. The van der Waals surface area contributed by atoms with E-state index in [0.29, 0.717) is 51.7 Å². The van der Waals surface area contributed by atoms with Crippen LogP contribution in [0.3, 0.4) is 0 Å². The Morgan fingerprint density at radius 1 is 1.17 bits per heavy atom. The second-order valence-corrected chi connectivity index (χ2v) is 18.8. The first-order valence-electron chi connectivity index (χ1n) is 22.2. The summed E-state index contributed by atoms with van der Waals surface area (Å²) in [5, 5.41) is 53.4. The van der Waals surface area contributed by atoms with Crippen molar-refractivity contribution in [2.45, 2.75) is 108 Å². The molecule has 9 atom stereocenters. The van der Waals surface area contributed by atoms with Crippen molar-refractivity contribution in [2.24, 2.45) is 34.5 Å². The van der Waals surface area contributed by atoms with Crippen LogP contribution < -0.4 is 10.6 Å². The van der Waals surface area contributed by atoms with Crippen molar-refractivity contribution in [3.8, 4) is 0 Å². The predicted molar refractivity (Wildman–Crippen MR) is 234 cm³/mol. The standard InChI is InChI=1S/C50H72N2O7/c1-35-14-15-40(28-37-10-7-11-38(27-37)29-47(3,52-30-35)23-26-58-5)36(2)9-6-12-42(32-59-34-55)43-17-21-50(46(43)56)45-39(18-25-53)16-20-48(33-49(50,57)22-24-51-4)19-8-13-41(31-54)44(45)48/h6-7,9-12,14,16,20,27,31,39-40,43,45-46,51-53,55-57H,2,8,13,15,17-19,21-26,28-30,32-34H2,1,3-5H3. The lowest BCUT2D eigenvalue weighted by molar-refractivity contribution is -0.207. The van der Waals surface area contributed by atoms with E-state index in [9.17, 15) is 25.2 Å². The zero-order valence-electron chi connectivity index (χ0n) is 36.2. The molecule has 5 aliphatic rings. The zero-order chi connectivity index (χ0) is 42.3. The molecule has 2 fully saturated rings. The van der Waals surface area contributed by atoms with E-state index < -0.39 is 29.3 Å². The number of aliphatic hydroxyl groups excluding tert-OH is 3. The molecule has 1 aromatic rings. The van der Waals surface area contributed by atoms with Crippen molar-refractivity contribution in [1.29, 1.82) is 0 Å². The van der Waals surface area contributed by atoms with Gasteiger partial charge in [-0.2, -0.15) is 0 Å². The Kier molecular flexibility index (Phi) is 15.3. The van der Waals surface area contributed by atoms with Crippen molar-refractivity contribution in [3.05, 3.63) is 106 Å². The Morgan fingerprint density at radius 3 is 2.73 bits per heavy atom. The molecule has 0 radical (unpaired) electrons. The number of methoxy groups -OCH3 is 1. The van der Waals surface area contributed by atoms with E-state index in [1.165, 1.54) is 16.7 Å². The first-order chi connectivity index (χ1) is 28.4. The van der Waals surface area contributed by atoms with Gasteiger partial charge in [0, 0.05) is 49.2 Å². The van der Waals surface area contributed by atoms with Crippen LogP contribution in [0.4, 0.5) is 0 Å². The summed E-state index contributed by atoms with van der Waals surface area (Å²) in [5.74, 6) is -0.605. The molecule has 9 unspecified atom stereocenters. The molecule has 9 heteroatoms. The van der Waals surface area contributed by atoms with Gasteiger partial charge in [-0.15, -0.1) is 0 Å². The number of rotatable bonds is 16. The lowest BCUT2D eigenvalue weighted by atomic mass is 9.40. The second-order valence-electron chi connectivity index (χ2n) is 18.8. The Labute approximate surface area is 353 Å². The van der Waals surface area contributed by atoms with Gasteiger partial charge in [-0.25, -0.2) is 0 Å². The van der Waals surface area contributed by atoms with Crippen molar-refractivity contribution >= 4 is 6.29 Å². The minimum atomic E-state index is -1.23. The van der Waals surface area contributed by atoms with Gasteiger partial charge in [0.15, 0.2) is 0 Å². The molecule has 6 rings (SSSR count). The van der Waals surface area contributed by atoms with Crippen LogP contribution in [-0.4, -0.2) is 97.8 Å². The second kappa shape index (κ2) is 19.8. The van der Waals surface area contributed by atoms with Crippen LogP contribution in [0.25, 0.3) is 0 Å². The van der Waals surface area contributed by atoms with Crippen molar-refractivity contribution in [1.82, 2.24) is 10.6 Å². The molecule has 1 spiro atoms. The average molecular weight is 813 g/mol. The molecule has 0 amide bonds. The van der Waals surface area contributed by atoms with Crippen LogP contribution in [0, 0.1) is 34.5 Å². The van der Waals surface area contributed by atoms with Crippen molar-refractivity contribution < 1.29 is 34.7 Å². The van der Waals surface area contributed by atoms with E-state index in [2.05, 4.69) is 79.6 Å². The molecule has 324 valence electrons. The van der Waals surface area contributed by atoms with Gasteiger partial charge in [-0.3, -0.25) is 4.79 Å². The summed E-state index contributed by atoms with van der Waals surface area (Å²) < 4.78 is 11.1. The van der Waals surface area contributed by atoms with Gasteiger partial charge in [-0.05, 0) is 150 Å². The molecular formula is C50H72N2O7. The summed E-state index contributed by atoms with van der Waals surface area (Å²) in [6, 6.07) is 8.91. The predicted octanol–water partition coefficient (Wildman–Crippen LogP) is 6.48. The van der Waals surface area contributed by atoms with Gasteiger partial charge in [0.25, 0.3) is 0 Å². The number of allylic oxidation sites excluding steroid dienone is 9. The highest BCUT2D eigenvalue weighted by molar-refractivity contribution is 5.77. The molecule has 1 heterocycles. The quantitative estimate of drug-likeness (QED) is 0.0480. The maximum atomic E-state index is 13.2. The fourth-order valence-electron chi connectivity index (χ4n) is 12.0. The SMILES string of the molecule is C=C(C=CC=C(COCO)C1CCC2(C1O)C1C3=C(C=O)CCCC3(C=CC1CCO)CC2(O)CCNC)C1CC=C(C)CNC(C)(CCOC)Cc2cccc(c2)C1. The molecule has 4 aliphatic carbocycles. The maximum absolute atomic E-state index is 13.2. The third-order valence-electron chi connectivity index (χ3n) is 15.0. The number of hydrogen-bond acceptors (Lipinski definition) is 9. The monoisotopic (exact) mass is 813 g/mol. The Hall–Kier alpha value is -2.99. The molecule has 0 aromatic heterocycles. The van der Waals surface area contributed by atoms with Crippen LogP contribution in [-0.2, 0) is 27.1 Å². The normalized spacial score (nSPS) is 35.0.